The summed E-state index contributed by atoms with van der Waals surface area (Å²) in [6.45, 7) is 2.92. The highest BCUT2D eigenvalue weighted by molar-refractivity contribution is 7.89. The third kappa shape index (κ3) is 2.48. The lowest BCUT2D eigenvalue weighted by Crippen LogP contribution is -2.40. The van der Waals surface area contributed by atoms with Crippen molar-refractivity contribution in [1.29, 1.82) is 0 Å². The molecule has 0 N–H and O–H groups in total. The van der Waals surface area contributed by atoms with Gasteiger partial charge in [-0.3, -0.25) is 0 Å². The summed E-state index contributed by atoms with van der Waals surface area (Å²) in [6, 6.07) is 8.11. The molecule has 1 atom stereocenters. The number of halogens is 2. The molecule has 0 saturated heterocycles. The van der Waals surface area contributed by atoms with Crippen LogP contribution in [0.25, 0.3) is 0 Å². The molecule has 0 bridgehead atoms. The summed E-state index contributed by atoms with van der Waals surface area (Å²) in [4.78, 5) is 0.0588. The van der Waals surface area contributed by atoms with Gasteiger partial charge in [0, 0.05) is 30.0 Å². The molecule has 1 aliphatic heterocycles. The zero-order valence-electron chi connectivity index (χ0n) is 11.3. The predicted octanol–water partition coefficient (Wildman–Crippen LogP) is 3.56. The van der Waals surface area contributed by atoms with Crippen molar-refractivity contribution in [2.24, 2.45) is 0 Å². The van der Waals surface area contributed by atoms with E-state index in [1.165, 1.54) is 16.4 Å². The van der Waals surface area contributed by atoms with Crippen LogP contribution in [-0.4, -0.2) is 23.8 Å². The van der Waals surface area contributed by atoms with E-state index >= 15 is 0 Å². The summed E-state index contributed by atoms with van der Waals surface area (Å²) >= 11 is 12.0. The van der Waals surface area contributed by atoms with Gasteiger partial charge in [-0.1, -0.05) is 23.2 Å². The van der Waals surface area contributed by atoms with Gasteiger partial charge in [0.15, 0.2) is 0 Å². The minimum atomic E-state index is -3.68. The first-order valence-electron chi connectivity index (χ1n) is 6.53. The number of fused-ring (bicyclic) bond motifs is 1. The molecule has 112 valence electrons. The van der Waals surface area contributed by atoms with E-state index in [0.717, 1.165) is 5.69 Å². The van der Waals surface area contributed by atoms with Gasteiger partial charge in [-0.2, -0.15) is 4.31 Å². The van der Waals surface area contributed by atoms with Crippen molar-refractivity contribution < 1.29 is 8.42 Å². The summed E-state index contributed by atoms with van der Waals surface area (Å²) in [7, 11) is -3.68. The largest absolute Gasteiger partial charge is 0.349 e. The first-order chi connectivity index (χ1) is 9.91. The van der Waals surface area contributed by atoms with Crippen LogP contribution in [0.2, 0.25) is 10.0 Å². The quantitative estimate of drug-likeness (QED) is 0.835. The molecule has 1 aromatic carbocycles. The molecule has 2 aromatic rings. The summed E-state index contributed by atoms with van der Waals surface area (Å²) in [5.41, 5.74) is 0.975. The van der Waals surface area contributed by atoms with Crippen LogP contribution >= 0.6 is 23.2 Å². The molecule has 0 amide bonds. The van der Waals surface area contributed by atoms with E-state index in [9.17, 15) is 8.42 Å². The van der Waals surface area contributed by atoms with Gasteiger partial charge in [0.05, 0.1) is 11.1 Å². The predicted molar refractivity (Wildman–Crippen MR) is 83.2 cm³/mol. The van der Waals surface area contributed by atoms with Gasteiger partial charge in [-0.15, -0.1) is 0 Å². The first kappa shape index (κ1) is 14.9. The fraction of sp³-hybridized carbons (Fsp3) is 0.286. The number of benzene rings is 1. The zero-order chi connectivity index (χ0) is 15.2. The molecule has 21 heavy (non-hydrogen) atoms. The minimum absolute atomic E-state index is 0.0588. The van der Waals surface area contributed by atoms with Crippen LogP contribution in [0.4, 0.5) is 0 Å². The topological polar surface area (TPSA) is 42.3 Å². The minimum Gasteiger partial charge on any atom is -0.349 e. The van der Waals surface area contributed by atoms with Crippen LogP contribution in [0.5, 0.6) is 0 Å². The molecule has 4 nitrogen and oxygen atoms in total. The van der Waals surface area contributed by atoms with Crippen molar-refractivity contribution in [3.8, 4) is 0 Å². The van der Waals surface area contributed by atoms with Crippen molar-refractivity contribution >= 4 is 33.2 Å². The van der Waals surface area contributed by atoms with E-state index in [1.54, 1.807) is 6.07 Å². The Morgan fingerprint density at radius 3 is 2.71 bits per heavy atom. The highest BCUT2D eigenvalue weighted by Crippen LogP contribution is 2.34. The van der Waals surface area contributed by atoms with Gasteiger partial charge in [-0.05, 0) is 37.3 Å². The molecule has 0 spiro atoms. The van der Waals surface area contributed by atoms with Crippen LogP contribution < -0.4 is 0 Å². The lowest BCUT2D eigenvalue weighted by Gasteiger charge is -2.34. The molecule has 2 heterocycles. The molecule has 0 radical (unpaired) electrons. The van der Waals surface area contributed by atoms with Crippen LogP contribution in [0, 0.1) is 0 Å². The van der Waals surface area contributed by atoms with Gasteiger partial charge in [0.1, 0.15) is 4.90 Å². The fourth-order valence-corrected chi connectivity index (χ4v) is 5.02. The summed E-state index contributed by atoms with van der Waals surface area (Å²) < 4.78 is 29.3. The molecular formula is C14H14Cl2N2O2S. The molecule has 0 fully saturated rings. The number of rotatable bonds is 2. The van der Waals surface area contributed by atoms with Crippen molar-refractivity contribution in [2.75, 3.05) is 6.54 Å². The van der Waals surface area contributed by atoms with Crippen molar-refractivity contribution in [1.82, 2.24) is 8.87 Å². The van der Waals surface area contributed by atoms with Gasteiger partial charge in [0.2, 0.25) is 10.0 Å². The highest BCUT2D eigenvalue weighted by Gasteiger charge is 2.35. The van der Waals surface area contributed by atoms with Crippen molar-refractivity contribution in [3.63, 3.8) is 0 Å². The molecular weight excluding hydrogens is 331 g/mol. The summed E-state index contributed by atoms with van der Waals surface area (Å²) in [6.07, 6.45) is 1.96. The lowest BCUT2D eigenvalue weighted by molar-refractivity contribution is 0.282. The molecule has 7 heteroatoms. The van der Waals surface area contributed by atoms with Crippen LogP contribution in [-0.2, 0) is 16.6 Å². The van der Waals surface area contributed by atoms with E-state index in [4.69, 9.17) is 23.2 Å². The maximum atomic E-state index is 12.9. The Bertz CT molecular complexity index is 786. The van der Waals surface area contributed by atoms with Gasteiger partial charge in [0.25, 0.3) is 0 Å². The van der Waals surface area contributed by atoms with Gasteiger partial charge in [-0.25, -0.2) is 8.42 Å². The Kier molecular flexibility index (Phi) is 3.78. The van der Waals surface area contributed by atoms with E-state index < -0.39 is 10.0 Å². The van der Waals surface area contributed by atoms with E-state index in [0.29, 0.717) is 18.1 Å². The standard InChI is InChI=1S/C14H14Cl2N2O2S/c1-10-13-3-2-6-17(13)7-8-18(10)21(19,20)14-9-11(15)4-5-12(14)16/h2-6,9-10H,7-8H2,1H3/t10-/m1/s1. The third-order valence-electron chi connectivity index (χ3n) is 3.77. The maximum absolute atomic E-state index is 12.9. The number of nitrogens with zero attached hydrogens (tertiary/aromatic N) is 2. The van der Waals surface area contributed by atoms with Crippen molar-refractivity contribution in [2.45, 2.75) is 24.4 Å². The molecule has 0 aliphatic carbocycles. The highest BCUT2D eigenvalue weighted by atomic mass is 35.5. The SMILES string of the molecule is C[C@@H]1c2cccn2CCN1S(=O)(=O)c1cc(Cl)ccc1Cl. The van der Waals surface area contributed by atoms with E-state index in [2.05, 4.69) is 4.57 Å². The average molecular weight is 345 g/mol. The maximum Gasteiger partial charge on any atom is 0.245 e. The van der Waals surface area contributed by atoms with Gasteiger partial charge >= 0.3 is 0 Å². The number of aromatic nitrogens is 1. The first-order valence-corrected chi connectivity index (χ1v) is 8.73. The van der Waals surface area contributed by atoms with E-state index in [-0.39, 0.29) is 16.0 Å². The normalized spacial score (nSPS) is 19.5. The number of hydrogen-bond acceptors (Lipinski definition) is 2. The molecule has 1 aromatic heterocycles. The molecule has 3 rings (SSSR count). The van der Waals surface area contributed by atoms with Crippen LogP contribution in [0.15, 0.2) is 41.4 Å². The second-order valence-electron chi connectivity index (χ2n) is 4.99. The monoisotopic (exact) mass is 344 g/mol. The van der Waals surface area contributed by atoms with Crippen LogP contribution in [0.1, 0.15) is 18.7 Å². The molecule has 0 saturated carbocycles. The average Bonchev–Trinajstić information content (AvgIpc) is 2.91. The summed E-state index contributed by atoms with van der Waals surface area (Å²) in [5, 5.41) is 0.540. The van der Waals surface area contributed by atoms with E-state index in [1.807, 2.05) is 25.3 Å². The number of hydrogen-bond donors (Lipinski definition) is 0. The van der Waals surface area contributed by atoms with Gasteiger partial charge < -0.3 is 4.57 Å². The Balaban J connectivity index is 2.05. The lowest BCUT2D eigenvalue weighted by atomic mass is 10.2. The Morgan fingerprint density at radius 2 is 1.95 bits per heavy atom. The Morgan fingerprint density at radius 1 is 1.19 bits per heavy atom. The third-order valence-corrected chi connectivity index (χ3v) is 6.45. The second kappa shape index (κ2) is 5.32. The van der Waals surface area contributed by atoms with Crippen LogP contribution in [0.3, 0.4) is 0 Å². The smallest absolute Gasteiger partial charge is 0.245 e. The zero-order valence-corrected chi connectivity index (χ0v) is 13.7. The molecule has 0 unspecified atom stereocenters. The Labute approximate surface area is 133 Å². The fourth-order valence-electron chi connectivity index (χ4n) is 2.69. The second-order valence-corrected chi connectivity index (χ2v) is 7.70. The Hall–Kier alpha value is -1.01. The van der Waals surface area contributed by atoms with Crippen molar-refractivity contribution in [3.05, 3.63) is 52.3 Å². The molecule has 1 aliphatic rings. The number of sulfonamides is 1. The summed E-state index contributed by atoms with van der Waals surface area (Å²) in [5.74, 6) is 0.